The second-order valence-corrected chi connectivity index (χ2v) is 7.43. The number of nitrogens with zero attached hydrogens (tertiary/aromatic N) is 1. The van der Waals surface area contributed by atoms with Crippen LogP contribution < -0.4 is 10.6 Å². The normalized spacial score (nSPS) is 13.1. The minimum absolute atomic E-state index is 0.0128. The lowest BCUT2D eigenvalue weighted by Crippen LogP contribution is -2.51. The molecule has 150 valence electrons. The lowest BCUT2D eigenvalue weighted by atomic mass is 10.0. The summed E-state index contributed by atoms with van der Waals surface area (Å²) in [6, 6.07) is 3.09. The number of nitrogens with one attached hydrogen (secondary N) is 2. The molecule has 0 aliphatic rings. The first-order valence-electron chi connectivity index (χ1n) is 9.22. The molecule has 0 aliphatic carbocycles. The van der Waals surface area contributed by atoms with Crippen LogP contribution in [0.3, 0.4) is 0 Å². The highest BCUT2D eigenvalue weighted by Gasteiger charge is 2.26. The number of halogens is 1. The first-order valence-corrected chi connectivity index (χ1v) is 9.60. The number of hydrogen-bond donors (Lipinski definition) is 2. The fourth-order valence-corrected chi connectivity index (χ4v) is 2.85. The van der Waals surface area contributed by atoms with E-state index in [9.17, 15) is 19.7 Å². The summed E-state index contributed by atoms with van der Waals surface area (Å²) < 4.78 is 0. The van der Waals surface area contributed by atoms with Crippen molar-refractivity contribution >= 4 is 29.1 Å². The summed E-state index contributed by atoms with van der Waals surface area (Å²) in [7, 11) is 0. The fourth-order valence-electron chi connectivity index (χ4n) is 2.66. The molecule has 0 heterocycles. The van der Waals surface area contributed by atoms with E-state index in [2.05, 4.69) is 17.6 Å². The number of unbranched alkanes of at least 4 members (excludes halogenated alkanes) is 2. The summed E-state index contributed by atoms with van der Waals surface area (Å²) >= 11 is 5.77. The van der Waals surface area contributed by atoms with Crippen molar-refractivity contribution in [3.63, 3.8) is 0 Å². The average Bonchev–Trinajstić information content (AvgIpc) is 2.59. The third-order valence-corrected chi connectivity index (χ3v) is 4.59. The average molecular weight is 398 g/mol. The number of nitro groups is 1. The van der Waals surface area contributed by atoms with Gasteiger partial charge in [-0.15, -0.1) is 0 Å². The minimum atomic E-state index is -0.735. The number of carbonyl (C=O) groups is 2. The summed E-state index contributed by atoms with van der Waals surface area (Å²) in [4.78, 5) is 35.4. The van der Waals surface area contributed by atoms with Gasteiger partial charge in [0.25, 0.3) is 11.6 Å². The van der Waals surface area contributed by atoms with E-state index in [0.717, 1.165) is 31.7 Å². The van der Waals surface area contributed by atoms with E-state index in [0.29, 0.717) is 0 Å². The van der Waals surface area contributed by atoms with Gasteiger partial charge >= 0.3 is 0 Å². The zero-order valence-corrected chi connectivity index (χ0v) is 17.0. The first-order chi connectivity index (χ1) is 12.7. The highest BCUT2D eigenvalue weighted by Crippen LogP contribution is 2.25. The molecule has 0 saturated heterocycles. The number of benzene rings is 1. The van der Waals surface area contributed by atoms with Crippen LogP contribution in [0.4, 0.5) is 5.69 Å². The van der Waals surface area contributed by atoms with Gasteiger partial charge < -0.3 is 10.6 Å². The van der Waals surface area contributed by atoms with Crippen LogP contribution in [0.1, 0.15) is 63.7 Å². The topological polar surface area (TPSA) is 101 Å². The van der Waals surface area contributed by atoms with Crippen molar-refractivity contribution in [2.24, 2.45) is 5.92 Å². The molecular weight excluding hydrogens is 370 g/mol. The second kappa shape index (κ2) is 10.9. The Hall–Kier alpha value is -2.15. The highest BCUT2D eigenvalue weighted by molar-refractivity contribution is 6.32. The van der Waals surface area contributed by atoms with Crippen LogP contribution in [0.2, 0.25) is 5.02 Å². The zero-order valence-electron chi connectivity index (χ0n) is 16.3. The molecule has 0 fully saturated rings. The van der Waals surface area contributed by atoms with Gasteiger partial charge in [0.1, 0.15) is 11.1 Å². The number of hydrogen-bond acceptors (Lipinski definition) is 4. The zero-order chi connectivity index (χ0) is 20.6. The molecule has 0 spiro atoms. The van der Waals surface area contributed by atoms with Crippen molar-refractivity contribution in [3.05, 3.63) is 38.9 Å². The Bertz CT molecular complexity index is 679. The van der Waals surface area contributed by atoms with Crippen molar-refractivity contribution in [3.8, 4) is 0 Å². The molecular formula is C19H28ClN3O4. The SMILES string of the molecule is CCCCCC(C)NC(=O)C(NC(=O)c1ccc(Cl)c([N+](=O)[O-])c1)C(C)C. The quantitative estimate of drug-likeness (QED) is 0.352. The molecule has 27 heavy (non-hydrogen) atoms. The second-order valence-electron chi connectivity index (χ2n) is 7.02. The maximum absolute atomic E-state index is 12.6. The predicted octanol–water partition coefficient (Wildman–Crippen LogP) is 4.09. The number of rotatable bonds is 10. The van der Waals surface area contributed by atoms with Gasteiger partial charge in [-0.2, -0.15) is 0 Å². The summed E-state index contributed by atoms with van der Waals surface area (Å²) in [5, 5.41) is 16.6. The number of nitro benzene ring substituents is 1. The molecule has 1 rings (SSSR count). The van der Waals surface area contributed by atoms with E-state index in [4.69, 9.17) is 11.6 Å². The Balaban J connectivity index is 2.81. The Morgan fingerprint density at radius 3 is 2.41 bits per heavy atom. The van der Waals surface area contributed by atoms with Gasteiger partial charge in [-0.25, -0.2) is 0 Å². The van der Waals surface area contributed by atoms with E-state index in [-0.39, 0.29) is 34.1 Å². The number of carbonyl (C=O) groups excluding carboxylic acids is 2. The lowest BCUT2D eigenvalue weighted by Gasteiger charge is -2.24. The molecule has 1 aromatic rings. The van der Waals surface area contributed by atoms with E-state index < -0.39 is 16.9 Å². The smallest absolute Gasteiger partial charge is 0.288 e. The van der Waals surface area contributed by atoms with Gasteiger partial charge in [0.2, 0.25) is 5.91 Å². The lowest BCUT2D eigenvalue weighted by molar-refractivity contribution is -0.384. The van der Waals surface area contributed by atoms with Crippen molar-refractivity contribution in [2.75, 3.05) is 0 Å². The van der Waals surface area contributed by atoms with E-state index >= 15 is 0 Å². The first kappa shape index (κ1) is 22.9. The van der Waals surface area contributed by atoms with Crippen LogP contribution in [0.5, 0.6) is 0 Å². The van der Waals surface area contributed by atoms with Crippen LogP contribution in [0, 0.1) is 16.0 Å². The highest BCUT2D eigenvalue weighted by atomic mass is 35.5. The summed E-state index contributed by atoms with van der Waals surface area (Å²) in [5.74, 6) is -0.952. The standard InChI is InChI=1S/C19H28ClN3O4/c1-5-6-7-8-13(4)21-19(25)17(12(2)3)22-18(24)14-9-10-15(20)16(11-14)23(26)27/h9-13,17H,5-8H2,1-4H3,(H,21,25)(H,22,24). The molecule has 2 N–H and O–H groups in total. The summed E-state index contributed by atoms with van der Waals surface area (Å²) in [6.07, 6.45) is 4.13. The molecule has 2 unspecified atom stereocenters. The van der Waals surface area contributed by atoms with Crippen LogP contribution in [0.15, 0.2) is 18.2 Å². The molecule has 7 nitrogen and oxygen atoms in total. The Morgan fingerprint density at radius 2 is 1.85 bits per heavy atom. The summed E-state index contributed by atoms with van der Waals surface area (Å²) in [5.41, 5.74) is -0.264. The van der Waals surface area contributed by atoms with Gasteiger partial charge in [-0.05, 0) is 31.4 Å². The van der Waals surface area contributed by atoms with E-state index in [1.165, 1.54) is 12.1 Å². The summed E-state index contributed by atoms with van der Waals surface area (Å²) in [6.45, 7) is 7.72. The maximum Gasteiger partial charge on any atom is 0.288 e. The molecule has 0 aromatic heterocycles. The Labute approximate surface area is 165 Å². The van der Waals surface area contributed by atoms with Crippen LogP contribution in [0.25, 0.3) is 0 Å². The fraction of sp³-hybridized carbons (Fsp3) is 0.579. The van der Waals surface area contributed by atoms with Crippen LogP contribution in [-0.4, -0.2) is 28.8 Å². The Morgan fingerprint density at radius 1 is 1.19 bits per heavy atom. The molecule has 2 atom stereocenters. The van der Waals surface area contributed by atoms with Gasteiger partial charge in [-0.1, -0.05) is 51.6 Å². The molecule has 2 amide bonds. The van der Waals surface area contributed by atoms with Crippen molar-refractivity contribution in [2.45, 2.75) is 65.5 Å². The molecule has 1 aromatic carbocycles. The molecule has 0 bridgehead atoms. The largest absolute Gasteiger partial charge is 0.352 e. The van der Waals surface area contributed by atoms with E-state index in [1.54, 1.807) is 0 Å². The monoisotopic (exact) mass is 397 g/mol. The van der Waals surface area contributed by atoms with Gasteiger partial charge in [-0.3, -0.25) is 19.7 Å². The molecule has 8 heteroatoms. The van der Waals surface area contributed by atoms with Crippen LogP contribution >= 0.6 is 11.6 Å². The predicted molar refractivity (Wildman–Crippen MR) is 106 cm³/mol. The third kappa shape index (κ3) is 7.17. The van der Waals surface area contributed by atoms with Crippen molar-refractivity contribution in [1.29, 1.82) is 0 Å². The van der Waals surface area contributed by atoms with E-state index in [1.807, 2.05) is 20.8 Å². The maximum atomic E-state index is 12.6. The number of amides is 2. The minimum Gasteiger partial charge on any atom is -0.352 e. The molecule has 0 saturated carbocycles. The van der Waals surface area contributed by atoms with Gasteiger partial charge in [0.15, 0.2) is 0 Å². The van der Waals surface area contributed by atoms with Gasteiger partial charge in [0.05, 0.1) is 4.92 Å². The van der Waals surface area contributed by atoms with Crippen molar-refractivity contribution in [1.82, 2.24) is 10.6 Å². The Kier molecular flexibility index (Phi) is 9.21. The van der Waals surface area contributed by atoms with Crippen molar-refractivity contribution < 1.29 is 14.5 Å². The van der Waals surface area contributed by atoms with Crippen LogP contribution in [-0.2, 0) is 4.79 Å². The molecule has 0 radical (unpaired) electrons. The molecule has 0 aliphatic heterocycles. The third-order valence-electron chi connectivity index (χ3n) is 4.27. The van der Waals surface area contributed by atoms with Gasteiger partial charge in [0, 0.05) is 17.7 Å².